The number of aromatic nitrogens is 2. The quantitative estimate of drug-likeness (QED) is 0.905. The lowest BCUT2D eigenvalue weighted by atomic mass is 10.1. The number of pyridine rings is 2. The fraction of sp³-hybridized carbons (Fsp3) is 0.312. The Morgan fingerprint density at radius 3 is 2.95 bits per heavy atom. The number of nitrogens with zero attached hydrogens (tertiary/aromatic N) is 2. The van der Waals surface area contributed by atoms with Gasteiger partial charge < -0.3 is 5.32 Å². The molecule has 0 aromatic carbocycles. The Hall–Kier alpha value is -2.23. The molecule has 2 heterocycles. The molecule has 4 nitrogen and oxygen atoms in total. The second-order valence-electron chi connectivity index (χ2n) is 5.22. The average molecular weight is 267 g/mol. The van der Waals surface area contributed by atoms with Crippen molar-refractivity contribution in [3.63, 3.8) is 0 Å². The van der Waals surface area contributed by atoms with Crippen LogP contribution >= 0.6 is 0 Å². The Balaban J connectivity index is 1.63. The van der Waals surface area contributed by atoms with Gasteiger partial charge in [0, 0.05) is 37.1 Å². The van der Waals surface area contributed by atoms with Crippen molar-refractivity contribution >= 4 is 5.91 Å². The third-order valence-electron chi connectivity index (χ3n) is 3.44. The Kier molecular flexibility index (Phi) is 3.72. The second-order valence-corrected chi connectivity index (χ2v) is 5.22. The molecule has 3 rings (SSSR count). The molecule has 20 heavy (non-hydrogen) atoms. The molecule has 1 aliphatic carbocycles. The van der Waals surface area contributed by atoms with E-state index in [0.717, 1.165) is 16.8 Å². The fourth-order valence-electron chi connectivity index (χ4n) is 2.11. The third-order valence-corrected chi connectivity index (χ3v) is 3.44. The lowest BCUT2D eigenvalue weighted by Crippen LogP contribution is -2.22. The first kappa shape index (κ1) is 12.8. The van der Waals surface area contributed by atoms with Crippen LogP contribution in [0.4, 0.5) is 0 Å². The van der Waals surface area contributed by atoms with Crippen LogP contribution in [-0.4, -0.2) is 15.9 Å². The van der Waals surface area contributed by atoms with Crippen LogP contribution in [0.5, 0.6) is 0 Å². The fourth-order valence-corrected chi connectivity index (χ4v) is 2.11. The Morgan fingerprint density at radius 2 is 2.20 bits per heavy atom. The zero-order valence-corrected chi connectivity index (χ0v) is 11.2. The molecule has 1 fully saturated rings. The highest BCUT2D eigenvalue weighted by Gasteiger charge is 2.24. The van der Waals surface area contributed by atoms with Crippen molar-refractivity contribution in [2.75, 3.05) is 0 Å². The second kappa shape index (κ2) is 5.82. The van der Waals surface area contributed by atoms with Crippen molar-refractivity contribution in [1.82, 2.24) is 15.3 Å². The van der Waals surface area contributed by atoms with Gasteiger partial charge in [-0.1, -0.05) is 0 Å². The summed E-state index contributed by atoms with van der Waals surface area (Å²) in [6.45, 7) is 0.557. The first-order valence-electron chi connectivity index (χ1n) is 6.93. The average Bonchev–Trinajstić information content (AvgIpc) is 3.30. The molecule has 0 radical (unpaired) electrons. The van der Waals surface area contributed by atoms with Crippen LogP contribution in [0.3, 0.4) is 0 Å². The van der Waals surface area contributed by atoms with E-state index < -0.39 is 0 Å². The lowest BCUT2D eigenvalue weighted by Gasteiger charge is -2.06. The molecular formula is C16H17N3O. The molecule has 0 saturated heterocycles. The van der Waals surface area contributed by atoms with E-state index in [-0.39, 0.29) is 5.91 Å². The van der Waals surface area contributed by atoms with Crippen LogP contribution in [0.15, 0.2) is 42.9 Å². The summed E-state index contributed by atoms with van der Waals surface area (Å²) in [4.78, 5) is 20.1. The summed E-state index contributed by atoms with van der Waals surface area (Å²) in [5, 5.41) is 2.97. The molecule has 0 unspecified atom stereocenters. The van der Waals surface area contributed by atoms with Crippen molar-refractivity contribution in [2.45, 2.75) is 25.8 Å². The number of hydrogen-bond donors (Lipinski definition) is 1. The van der Waals surface area contributed by atoms with E-state index >= 15 is 0 Å². The summed E-state index contributed by atoms with van der Waals surface area (Å²) in [5.41, 5.74) is 2.92. The first-order chi connectivity index (χ1) is 9.81. The molecule has 0 bridgehead atoms. The molecule has 0 spiro atoms. The SMILES string of the molecule is O=C(CC1CC1)NCc1ccnc(-c2cccnc2)c1. The van der Waals surface area contributed by atoms with Crippen LogP contribution in [0.2, 0.25) is 0 Å². The normalized spacial score (nSPS) is 14.0. The smallest absolute Gasteiger partial charge is 0.220 e. The molecule has 2 aromatic rings. The summed E-state index contributed by atoms with van der Waals surface area (Å²) in [5.74, 6) is 0.769. The van der Waals surface area contributed by atoms with Crippen molar-refractivity contribution in [3.8, 4) is 11.3 Å². The van der Waals surface area contributed by atoms with E-state index in [0.29, 0.717) is 18.9 Å². The summed E-state index contributed by atoms with van der Waals surface area (Å²) in [7, 11) is 0. The molecule has 1 amide bonds. The van der Waals surface area contributed by atoms with Crippen molar-refractivity contribution in [2.24, 2.45) is 5.92 Å². The zero-order valence-electron chi connectivity index (χ0n) is 11.2. The van der Waals surface area contributed by atoms with Gasteiger partial charge in [0.1, 0.15) is 0 Å². The monoisotopic (exact) mass is 267 g/mol. The van der Waals surface area contributed by atoms with Crippen LogP contribution in [0.1, 0.15) is 24.8 Å². The van der Waals surface area contributed by atoms with E-state index in [9.17, 15) is 4.79 Å². The Morgan fingerprint density at radius 1 is 1.30 bits per heavy atom. The van der Waals surface area contributed by atoms with Crippen molar-refractivity contribution in [3.05, 3.63) is 48.4 Å². The number of amides is 1. The maximum absolute atomic E-state index is 11.7. The number of carbonyl (C=O) groups is 1. The van der Waals surface area contributed by atoms with Gasteiger partial charge in [-0.15, -0.1) is 0 Å². The van der Waals surface area contributed by atoms with Gasteiger partial charge in [0.05, 0.1) is 5.69 Å². The van der Waals surface area contributed by atoms with Crippen molar-refractivity contribution in [1.29, 1.82) is 0 Å². The number of hydrogen-bond acceptors (Lipinski definition) is 3. The van der Waals surface area contributed by atoms with E-state index in [1.807, 2.05) is 24.3 Å². The first-order valence-corrected chi connectivity index (χ1v) is 6.93. The summed E-state index contributed by atoms with van der Waals surface area (Å²) in [6, 6.07) is 7.79. The minimum absolute atomic E-state index is 0.146. The topological polar surface area (TPSA) is 54.9 Å². The summed E-state index contributed by atoms with van der Waals surface area (Å²) in [6.07, 6.45) is 8.37. The van der Waals surface area contributed by atoms with E-state index in [4.69, 9.17) is 0 Å². The minimum atomic E-state index is 0.146. The highest BCUT2D eigenvalue weighted by Crippen LogP contribution is 2.32. The van der Waals surface area contributed by atoms with Crippen LogP contribution in [0.25, 0.3) is 11.3 Å². The standard InChI is InChI=1S/C16H17N3O/c20-16(9-12-3-4-12)19-10-13-5-7-18-15(8-13)14-2-1-6-17-11-14/h1-2,5-8,11-12H,3-4,9-10H2,(H,19,20). The number of rotatable bonds is 5. The molecule has 1 aliphatic rings. The Bertz CT molecular complexity index is 594. The molecule has 0 aliphatic heterocycles. The van der Waals surface area contributed by atoms with E-state index in [1.54, 1.807) is 18.6 Å². The van der Waals surface area contributed by atoms with Gasteiger partial charge in [0.25, 0.3) is 0 Å². The van der Waals surface area contributed by atoms with Gasteiger partial charge >= 0.3 is 0 Å². The van der Waals surface area contributed by atoms with E-state index in [1.165, 1.54) is 12.8 Å². The van der Waals surface area contributed by atoms with Crippen LogP contribution in [0, 0.1) is 5.92 Å². The van der Waals surface area contributed by atoms with Gasteiger partial charge in [-0.3, -0.25) is 14.8 Å². The minimum Gasteiger partial charge on any atom is -0.352 e. The highest BCUT2D eigenvalue weighted by molar-refractivity contribution is 5.76. The number of nitrogens with one attached hydrogen (secondary N) is 1. The summed E-state index contributed by atoms with van der Waals surface area (Å²) < 4.78 is 0. The number of carbonyl (C=O) groups excluding carboxylic acids is 1. The van der Waals surface area contributed by atoms with E-state index in [2.05, 4.69) is 15.3 Å². The van der Waals surface area contributed by atoms with Gasteiger partial charge in [-0.2, -0.15) is 0 Å². The molecule has 2 aromatic heterocycles. The molecular weight excluding hydrogens is 250 g/mol. The van der Waals surface area contributed by atoms with Gasteiger partial charge in [-0.25, -0.2) is 0 Å². The molecule has 0 atom stereocenters. The lowest BCUT2D eigenvalue weighted by molar-refractivity contribution is -0.121. The largest absolute Gasteiger partial charge is 0.352 e. The predicted molar refractivity (Wildman–Crippen MR) is 76.7 cm³/mol. The maximum Gasteiger partial charge on any atom is 0.220 e. The zero-order chi connectivity index (χ0) is 13.8. The van der Waals surface area contributed by atoms with Gasteiger partial charge in [0.15, 0.2) is 0 Å². The predicted octanol–water partition coefficient (Wildman–Crippen LogP) is 2.56. The van der Waals surface area contributed by atoms with Crippen LogP contribution in [-0.2, 0) is 11.3 Å². The molecule has 1 saturated carbocycles. The van der Waals surface area contributed by atoms with Gasteiger partial charge in [0.2, 0.25) is 5.91 Å². The molecule has 102 valence electrons. The Labute approximate surface area is 118 Å². The van der Waals surface area contributed by atoms with Crippen LogP contribution < -0.4 is 5.32 Å². The maximum atomic E-state index is 11.7. The summed E-state index contributed by atoms with van der Waals surface area (Å²) >= 11 is 0. The molecule has 1 N–H and O–H groups in total. The third kappa shape index (κ3) is 3.41. The molecule has 4 heteroatoms. The highest BCUT2D eigenvalue weighted by atomic mass is 16.1. The van der Waals surface area contributed by atoms with Crippen molar-refractivity contribution < 1.29 is 4.79 Å². The van der Waals surface area contributed by atoms with Gasteiger partial charge in [-0.05, 0) is 48.6 Å².